The number of nitrogens with one attached hydrogen (secondary N) is 2. The summed E-state index contributed by atoms with van der Waals surface area (Å²) in [4.78, 5) is 23.2. The van der Waals surface area contributed by atoms with Crippen LogP contribution in [-0.4, -0.2) is 17.9 Å². The molecule has 1 unspecified atom stereocenters. The number of benzene rings is 2. The molecule has 5 nitrogen and oxygen atoms in total. The Bertz CT molecular complexity index is 711. The second kappa shape index (κ2) is 8.15. The predicted octanol–water partition coefficient (Wildman–Crippen LogP) is 3.04. The van der Waals surface area contributed by atoms with Crippen molar-refractivity contribution in [1.82, 2.24) is 5.32 Å². The van der Waals surface area contributed by atoms with Crippen LogP contribution in [0.2, 0.25) is 0 Å². The molecular weight excluding hydrogens is 304 g/mol. The maximum Gasteiger partial charge on any atom is 0.261 e. The second-order valence-electron chi connectivity index (χ2n) is 5.67. The minimum atomic E-state index is -0.591. The molecule has 2 amide bonds. The molecule has 126 valence electrons. The van der Waals surface area contributed by atoms with Gasteiger partial charge in [-0.05, 0) is 43.7 Å². The predicted molar refractivity (Wildman–Crippen MR) is 93.9 cm³/mol. The number of carbonyl (C=O) groups excluding carboxylic acids is 2. The topological polar surface area (TPSA) is 67.4 Å². The summed E-state index contributed by atoms with van der Waals surface area (Å²) in [6.45, 7) is 5.53. The first-order valence-electron chi connectivity index (χ1n) is 7.81. The lowest BCUT2D eigenvalue weighted by Gasteiger charge is -2.15. The van der Waals surface area contributed by atoms with Gasteiger partial charge in [0.25, 0.3) is 5.91 Å². The third kappa shape index (κ3) is 5.43. The molecule has 0 heterocycles. The van der Waals surface area contributed by atoms with Crippen molar-refractivity contribution in [2.45, 2.75) is 33.4 Å². The Labute approximate surface area is 142 Å². The molecule has 0 aliphatic rings. The highest BCUT2D eigenvalue weighted by atomic mass is 16.5. The van der Waals surface area contributed by atoms with Crippen LogP contribution in [0.25, 0.3) is 0 Å². The van der Waals surface area contributed by atoms with Gasteiger partial charge in [-0.15, -0.1) is 0 Å². The lowest BCUT2D eigenvalue weighted by Crippen LogP contribution is -2.35. The van der Waals surface area contributed by atoms with Crippen molar-refractivity contribution in [3.05, 3.63) is 59.7 Å². The van der Waals surface area contributed by atoms with E-state index in [9.17, 15) is 9.59 Å². The van der Waals surface area contributed by atoms with E-state index in [0.717, 1.165) is 11.1 Å². The summed E-state index contributed by atoms with van der Waals surface area (Å²) < 4.78 is 5.63. The zero-order valence-corrected chi connectivity index (χ0v) is 14.1. The van der Waals surface area contributed by atoms with Gasteiger partial charge in [0.15, 0.2) is 6.10 Å². The van der Waals surface area contributed by atoms with E-state index < -0.39 is 6.10 Å². The van der Waals surface area contributed by atoms with Crippen LogP contribution >= 0.6 is 0 Å². The van der Waals surface area contributed by atoms with Crippen molar-refractivity contribution in [2.24, 2.45) is 0 Å². The summed E-state index contributed by atoms with van der Waals surface area (Å²) in [5.74, 6) is 0.340. The van der Waals surface area contributed by atoms with E-state index >= 15 is 0 Å². The second-order valence-corrected chi connectivity index (χ2v) is 5.67. The Morgan fingerprint density at radius 2 is 1.83 bits per heavy atom. The SMILES string of the molecule is CC(=O)Nc1cccc(CNC(=O)C(C)Oc2ccc(C)cc2)c1. The molecule has 5 heteroatoms. The molecule has 2 N–H and O–H groups in total. The fraction of sp³-hybridized carbons (Fsp3) is 0.263. The smallest absolute Gasteiger partial charge is 0.261 e. The zero-order valence-electron chi connectivity index (χ0n) is 14.1. The fourth-order valence-electron chi connectivity index (χ4n) is 2.17. The van der Waals surface area contributed by atoms with Crippen molar-refractivity contribution in [3.63, 3.8) is 0 Å². The molecule has 24 heavy (non-hydrogen) atoms. The lowest BCUT2D eigenvalue weighted by atomic mass is 10.2. The number of aryl methyl sites for hydroxylation is 1. The summed E-state index contributed by atoms with van der Waals surface area (Å²) in [6, 6.07) is 14.9. The number of hydrogen-bond acceptors (Lipinski definition) is 3. The molecule has 0 saturated heterocycles. The maximum absolute atomic E-state index is 12.1. The Balaban J connectivity index is 1.87. The van der Waals surface area contributed by atoms with Gasteiger partial charge in [0.05, 0.1) is 0 Å². The number of anilines is 1. The molecule has 0 fully saturated rings. The average Bonchev–Trinajstić information content (AvgIpc) is 2.54. The molecule has 0 aromatic heterocycles. The van der Waals surface area contributed by atoms with Crippen LogP contribution in [0.4, 0.5) is 5.69 Å². The highest BCUT2D eigenvalue weighted by Gasteiger charge is 2.14. The van der Waals surface area contributed by atoms with Gasteiger partial charge in [-0.1, -0.05) is 29.8 Å². The number of ether oxygens (including phenoxy) is 1. The van der Waals surface area contributed by atoms with Gasteiger partial charge in [0.2, 0.25) is 5.91 Å². The molecular formula is C19H22N2O3. The van der Waals surface area contributed by atoms with Crippen molar-refractivity contribution in [1.29, 1.82) is 0 Å². The Kier molecular flexibility index (Phi) is 5.95. The molecule has 0 bridgehead atoms. The van der Waals surface area contributed by atoms with Crippen LogP contribution in [0.3, 0.4) is 0 Å². The van der Waals surface area contributed by atoms with Crippen LogP contribution in [0.5, 0.6) is 5.75 Å². The summed E-state index contributed by atoms with van der Waals surface area (Å²) in [5, 5.41) is 5.55. The molecule has 2 aromatic rings. The summed E-state index contributed by atoms with van der Waals surface area (Å²) in [7, 11) is 0. The molecule has 0 saturated carbocycles. The number of carbonyl (C=O) groups is 2. The standard InChI is InChI=1S/C19H22N2O3/c1-13-7-9-18(10-8-13)24-14(2)19(23)20-12-16-5-4-6-17(11-16)21-15(3)22/h4-11,14H,12H2,1-3H3,(H,20,23)(H,21,22). The van der Waals surface area contributed by atoms with Crippen LogP contribution in [-0.2, 0) is 16.1 Å². The first-order chi connectivity index (χ1) is 11.4. The van der Waals surface area contributed by atoms with Gasteiger partial charge >= 0.3 is 0 Å². The summed E-state index contributed by atoms with van der Waals surface area (Å²) >= 11 is 0. The highest BCUT2D eigenvalue weighted by Crippen LogP contribution is 2.14. The zero-order chi connectivity index (χ0) is 17.5. The minimum Gasteiger partial charge on any atom is -0.481 e. The molecule has 0 aliphatic heterocycles. The quantitative estimate of drug-likeness (QED) is 0.857. The maximum atomic E-state index is 12.1. The van der Waals surface area contributed by atoms with Gasteiger partial charge in [0, 0.05) is 19.2 Å². The third-order valence-corrected chi connectivity index (χ3v) is 3.42. The summed E-state index contributed by atoms with van der Waals surface area (Å²) in [5.41, 5.74) is 2.74. The molecule has 1 atom stereocenters. The summed E-state index contributed by atoms with van der Waals surface area (Å²) in [6.07, 6.45) is -0.591. The average molecular weight is 326 g/mol. The largest absolute Gasteiger partial charge is 0.481 e. The molecule has 0 spiro atoms. The molecule has 0 aliphatic carbocycles. The van der Waals surface area contributed by atoms with E-state index in [1.54, 1.807) is 13.0 Å². The highest BCUT2D eigenvalue weighted by molar-refractivity contribution is 5.88. The van der Waals surface area contributed by atoms with E-state index in [2.05, 4.69) is 10.6 Å². The van der Waals surface area contributed by atoms with Crippen LogP contribution in [0, 0.1) is 6.92 Å². The first kappa shape index (κ1) is 17.5. The Morgan fingerprint density at radius 3 is 2.50 bits per heavy atom. The molecule has 2 aromatic carbocycles. The van der Waals surface area contributed by atoms with Crippen LogP contribution in [0.15, 0.2) is 48.5 Å². The Hall–Kier alpha value is -2.82. The van der Waals surface area contributed by atoms with Crippen LogP contribution in [0.1, 0.15) is 25.0 Å². The van der Waals surface area contributed by atoms with Crippen molar-refractivity contribution >= 4 is 17.5 Å². The van der Waals surface area contributed by atoms with E-state index in [1.165, 1.54) is 6.92 Å². The van der Waals surface area contributed by atoms with Gasteiger partial charge in [-0.2, -0.15) is 0 Å². The van der Waals surface area contributed by atoms with E-state index in [-0.39, 0.29) is 11.8 Å². The number of rotatable bonds is 6. The van der Waals surface area contributed by atoms with Crippen molar-refractivity contribution in [2.75, 3.05) is 5.32 Å². The van der Waals surface area contributed by atoms with Crippen molar-refractivity contribution in [3.8, 4) is 5.75 Å². The van der Waals surface area contributed by atoms with Gasteiger partial charge in [-0.3, -0.25) is 9.59 Å². The van der Waals surface area contributed by atoms with Gasteiger partial charge < -0.3 is 15.4 Å². The van der Waals surface area contributed by atoms with Gasteiger partial charge in [-0.25, -0.2) is 0 Å². The Morgan fingerprint density at radius 1 is 1.12 bits per heavy atom. The lowest BCUT2D eigenvalue weighted by molar-refractivity contribution is -0.127. The van der Waals surface area contributed by atoms with E-state index in [0.29, 0.717) is 18.0 Å². The van der Waals surface area contributed by atoms with E-state index in [4.69, 9.17) is 4.74 Å². The number of hydrogen-bond donors (Lipinski definition) is 2. The first-order valence-corrected chi connectivity index (χ1v) is 7.81. The third-order valence-electron chi connectivity index (χ3n) is 3.42. The normalized spacial score (nSPS) is 11.5. The minimum absolute atomic E-state index is 0.128. The van der Waals surface area contributed by atoms with Crippen LogP contribution < -0.4 is 15.4 Å². The fourth-order valence-corrected chi connectivity index (χ4v) is 2.17. The molecule has 0 radical (unpaired) electrons. The number of amides is 2. The van der Waals surface area contributed by atoms with Gasteiger partial charge in [0.1, 0.15) is 5.75 Å². The van der Waals surface area contributed by atoms with Crippen molar-refractivity contribution < 1.29 is 14.3 Å². The molecule has 2 rings (SSSR count). The monoisotopic (exact) mass is 326 g/mol. The van der Waals surface area contributed by atoms with E-state index in [1.807, 2.05) is 49.4 Å².